The Morgan fingerprint density at radius 2 is 1.74 bits per heavy atom. The molecular formula is C25H20F6N8O3S. The molecule has 1 atom stereocenters. The predicted molar refractivity (Wildman–Crippen MR) is 137 cm³/mol. The minimum absolute atomic E-state index is 0.150. The largest absolute Gasteiger partial charge is 0.534 e. The number of alkyl halides is 6. The van der Waals surface area contributed by atoms with Gasteiger partial charge in [0.15, 0.2) is 11.5 Å². The van der Waals surface area contributed by atoms with Gasteiger partial charge in [-0.15, -0.1) is 0 Å². The fourth-order valence-corrected chi connectivity index (χ4v) is 5.02. The van der Waals surface area contributed by atoms with Gasteiger partial charge in [-0.2, -0.15) is 39.9 Å². The van der Waals surface area contributed by atoms with E-state index in [0.717, 1.165) is 18.1 Å². The fraction of sp³-hybridized carbons (Fsp3) is 0.320. The number of rotatable bonds is 7. The topological polar surface area (TPSA) is 128 Å². The second-order valence-corrected chi connectivity index (χ2v) is 11.5. The van der Waals surface area contributed by atoms with Crippen molar-refractivity contribution in [2.45, 2.75) is 43.2 Å². The summed E-state index contributed by atoms with van der Waals surface area (Å²) in [4.78, 5) is 17.9. The number of benzene rings is 1. The summed E-state index contributed by atoms with van der Waals surface area (Å²) in [5, 5.41) is 7.25. The Morgan fingerprint density at radius 3 is 2.37 bits per heavy atom. The Labute approximate surface area is 239 Å². The number of fused-ring (bicyclic) bond motifs is 1. The summed E-state index contributed by atoms with van der Waals surface area (Å²) in [6.45, 7) is 0.173. The highest BCUT2D eigenvalue weighted by molar-refractivity contribution is 7.88. The summed E-state index contributed by atoms with van der Waals surface area (Å²) >= 11 is 0. The summed E-state index contributed by atoms with van der Waals surface area (Å²) in [6.07, 6.45) is 0.897. The van der Waals surface area contributed by atoms with Crippen LogP contribution >= 0.6 is 0 Å². The van der Waals surface area contributed by atoms with Crippen LogP contribution in [0.4, 0.5) is 26.3 Å². The molecule has 2 aliphatic rings. The van der Waals surface area contributed by atoms with E-state index >= 15 is 0 Å². The SMILES string of the molecule is CN1C=C(C(F)(F)F)NC1c1ccc(Cn2ncc3cnc(-c4c(OS(=O)(=O)C(F)(F)F)ncnc4C4CC4)nc32)cc1. The van der Waals surface area contributed by atoms with Gasteiger partial charge >= 0.3 is 21.8 Å². The van der Waals surface area contributed by atoms with E-state index in [1.54, 1.807) is 24.3 Å². The Hall–Kier alpha value is -4.48. The molecule has 6 rings (SSSR count). The van der Waals surface area contributed by atoms with E-state index in [0.29, 0.717) is 23.8 Å². The maximum atomic E-state index is 13.1. The number of nitrogens with zero attached hydrogens (tertiary/aromatic N) is 7. The van der Waals surface area contributed by atoms with Crippen molar-refractivity contribution in [1.82, 2.24) is 39.9 Å². The predicted octanol–water partition coefficient (Wildman–Crippen LogP) is 4.37. The quantitative estimate of drug-likeness (QED) is 0.179. The summed E-state index contributed by atoms with van der Waals surface area (Å²) < 4.78 is 108. The van der Waals surface area contributed by atoms with Crippen molar-refractivity contribution >= 4 is 21.2 Å². The highest BCUT2D eigenvalue weighted by Gasteiger charge is 2.49. The summed E-state index contributed by atoms with van der Waals surface area (Å²) in [7, 11) is -4.51. The van der Waals surface area contributed by atoms with Crippen molar-refractivity contribution in [2.24, 2.45) is 0 Å². The molecule has 1 aromatic carbocycles. The van der Waals surface area contributed by atoms with Gasteiger partial charge < -0.3 is 14.4 Å². The molecule has 43 heavy (non-hydrogen) atoms. The first-order valence-corrected chi connectivity index (χ1v) is 14.0. The molecule has 0 saturated heterocycles. The van der Waals surface area contributed by atoms with Crippen molar-refractivity contribution in [2.75, 3.05) is 7.05 Å². The Morgan fingerprint density at radius 1 is 1.02 bits per heavy atom. The van der Waals surface area contributed by atoms with Crippen LogP contribution in [0.25, 0.3) is 22.4 Å². The molecule has 18 heteroatoms. The molecule has 3 aromatic heterocycles. The van der Waals surface area contributed by atoms with Crippen molar-refractivity contribution in [3.8, 4) is 17.3 Å². The molecule has 1 aliphatic carbocycles. The lowest BCUT2D eigenvalue weighted by atomic mass is 10.1. The smallest absolute Gasteiger partial charge is 0.356 e. The van der Waals surface area contributed by atoms with E-state index in [-0.39, 0.29) is 35.2 Å². The Bertz CT molecular complexity index is 1840. The van der Waals surface area contributed by atoms with Gasteiger partial charge in [-0.1, -0.05) is 24.3 Å². The third-order valence-corrected chi connectivity index (χ3v) is 7.79. The van der Waals surface area contributed by atoms with Crippen LogP contribution in [0.1, 0.15) is 41.7 Å². The first-order valence-electron chi connectivity index (χ1n) is 12.6. The fourth-order valence-electron chi connectivity index (χ4n) is 4.59. The maximum absolute atomic E-state index is 13.1. The van der Waals surface area contributed by atoms with E-state index in [2.05, 4.69) is 34.5 Å². The number of allylic oxidation sites excluding steroid dienone is 1. The van der Waals surface area contributed by atoms with Crippen LogP contribution in [0.15, 0.2) is 54.9 Å². The second kappa shape index (κ2) is 10.1. The van der Waals surface area contributed by atoms with Crippen LogP contribution in [0.2, 0.25) is 0 Å². The van der Waals surface area contributed by atoms with Crippen LogP contribution in [0, 0.1) is 0 Å². The lowest BCUT2D eigenvalue weighted by Crippen LogP contribution is -2.28. The van der Waals surface area contributed by atoms with Crippen LogP contribution in [0.3, 0.4) is 0 Å². The van der Waals surface area contributed by atoms with Gasteiger partial charge in [-0.25, -0.2) is 24.6 Å². The van der Waals surface area contributed by atoms with Gasteiger partial charge in [-0.05, 0) is 24.0 Å². The zero-order valence-corrected chi connectivity index (χ0v) is 22.7. The van der Waals surface area contributed by atoms with Gasteiger partial charge in [0.1, 0.15) is 23.8 Å². The highest BCUT2D eigenvalue weighted by atomic mass is 32.2. The number of hydrogen-bond donors (Lipinski definition) is 1. The van der Waals surface area contributed by atoms with Gasteiger partial charge in [-0.3, -0.25) is 0 Å². The zero-order chi connectivity index (χ0) is 30.7. The first-order chi connectivity index (χ1) is 20.2. The number of aromatic nitrogens is 6. The van der Waals surface area contributed by atoms with Crippen LogP contribution < -0.4 is 9.50 Å². The standard InChI is InChI=1S/C25H20F6N8O3S/c1-38-11-17(24(26,27)28)36-21(38)15-4-2-13(3-5-15)10-39-22-16(9-35-39)8-32-20(37-22)18-19(14-6-7-14)33-12-34-23(18)42-43(40,41)25(29,30)31/h2-5,8-9,11-12,14,21,36H,6-7,10H2,1H3. The second-order valence-electron chi connectivity index (χ2n) is 9.97. The van der Waals surface area contributed by atoms with Crippen LogP contribution in [-0.4, -0.2) is 61.8 Å². The van der Waals surface area contributed by atoms with Gasteiger partial charge in [0.05, 0.1) is 23.8 Å². The molecule has 226 valence electrons. The molecule has 1 unspecified atom stereocenters. The molecule has 1 aliphatic heterocycles. The van der Waals surface area contributed by atoms with Crippen molar-refractivity contribution < 1.29 is 38.9 Å². The molecule has 1 fully saturated rings. The lowest BCUT2D eigenvalue weighted by Gasteiger charge is -2.22. The summed E-state index contributed by atoms with van der Waals surface area (Å²) in [6, 6.07) is 6.79. The third kappa shape index (κ3) is 5.53. The molecule has 4 heterocycles. The van der Waals surface area contributed by atoms with E-state index < -0.39 is 39.5 Å². The summed E-state index contributed by atoms with van der Waals surface area (Å²) in [5.74, 6) is -1.15. The van der Waals surface area contributed by atoms with Crippen LogP contribution in [-0.2, 0) is 16.7 Å². The summed E-state index contributed by atoms with van der Waals surface area (Å²) in [5.41, 5.74) is -4.85. The molecule has 0 amide bonds. The number of halogens is 6. The lowest BCUT2D eigenvalue weighted by molar-refractivity contribution is -0.0963. The normalized spacial score (nSPS) is 17.7. The van der Waals surface area contributed by atoms with E-state index in [9.17, 15) is 34.8 Å². The van der Waals surface area contributed by atoms with Crippen molar-refractivity contribution in [3.63, 3.8) is 0 Å². The number of nitrogens with one attached hydrogen (secondary N) is 1. The van der Waals surface area contributed by atoms with E-state index in [1.165, 1.54) is 29.0 Å². The number of hydrogen-bond acceptors (Lipinski definition) is 10. The molecule has 1 saturated carbocycles. The molecule has 11 nitrogen and oxygen atoms in total. The van der Waals surface area contributed by atoms with Gasteiger partial charge in [0, 0.05) is 25.4 Å². The van der Waals surface area contributed by atoms with Gasteiger partial charge in [0.2, 0.25) is 5.88 Å². The van der Waals surface area contributed by atoms with Crippen molar-refractivity contribution in [3.05, 3.63) is 71.7 Å². The molecule has 0 radical (unpaired) electrons. The third-order valence-electron chi connectivity index (χ3n) is 6.84. The monoisotopic (exact) mass is 626 g/mol. The van der Waals surface area contributed by atoms with E-state index in [1.807, 2.05) is 0 Å². The molecule has 4 aromatic rings. The first kappa shape index (κ1) is 28.6. The molecule has 0 spiro atoms. The minimum Gasteiger partial charge on any atom is -0.356 e. The zero-order valence-electron chi connectivity index (χ0n) is 21.9. The van der Waals surface area contributed by atoms with Crippen molar-refractivity contribution in [1.29, 1.82) is 0 Å². The molecule has 0 bridgehead atoms. The highest BCUT2D eigenvalue weighted by Crippen LogP contribution is 2.45. The molecule has 1 N–H and O–H groups in total. The maximum Gasteiger partial charge on any atom is 0.534 e. The Balaban J connectivity index is 1.30. The average molecular weight is 627 g/mol. The van der Waals surface area contributed by atoms with E-state index in [4.69, 9.17) is 0 Å². The minimum atomic E-state index is -6.04. The Kier molecular flexibility index (Phi) is 6.70. The van der Waals surface area contributed by atoms with Crippen LogP contribution in [0.5, 0.6) is 5.88 Å². The van der Waals surface area contributed by atoms with Gasteiger partial charge in [0.25, 0.3) is 0 Å². The average Bonchev–Trinajstić information content (AvgIpc) is 3.59. The molecular weight excluding hydrogens is 606 g/mol.